The Morgan fingerprint density at radius 1 is 1.38 bits per heavy atom. The van der Waals surface area contributed by atoms with E-state index in [-0.39, 0.29) is 19.1 Å². The van der Waals surface area contributed by atoms with Crippen LogP contribution in [-0.2, 0) is 6.61 Å². The van der Waals surface area contributed by atoms with Crippen LogP contribution in [0, 0.1) is 0 Å². The van der Waals surface area contributed by atoms with Crippen LogP contribution < -0.4 is 0 Å². The van der Waals surface area contributed by atoms with Gasteiger partial charge in [-0.3, -0.25) is 0 Å². The van der Waals surface area contributed by atoms with Gasteiger partial charge in [0.2, 0.25) is 0 Å². The summed E-state index contributed by atoms with van der Waals surface area (Å²) < 4.78 is 0. The van der Waals surface area contributed by atoms with Crippen LogP contribution in [0.5, 0.6) is 0 Å². The van der Waals surface area contributed by atoms with E-state index in [2.05, 4.69) is 0 Å². The molecule has 72 valence electrons. The molecule has 0 radical (unpaired) electrons. The molecule has 0 bridgehead atoms. The smallest absolute Gasteiger partial charge is 0.0696 e. The van der Waals surface area contributed by atoms with Gasteiger partial charge >= 0.3 is 0 Å². The second-order valence-electron chi connectivity index (χ2n) is 3.06. The topological polar surface area (TPSA) is 40.5 Å². The molecule has 0 aliphatic rings. The molecular formula is C10H13ClO2. The van der Waals surface area contributed by atoms with Gasteiger partial charge in [-0.2, -0.15) is 0 Å². The number of hydrogen-bond acceptors (Lipinski definition) is 2. The van der Waals surface area contributed by atoms with Gasteiger partial charge < -0.3 is 10.2 Å². The van der Waals surface area contributed by atoms with Crippen molar-refractivity contribution in [3.05, 3.63) is 34.3 Å². The lowest BCUT2D eigenvalue weighted by atomic mass is 10.00. The second-order valence-corrected chi connectivity index (χ2v) is 3.44. The van der Waals surface area contributed by atoms with E-state index in [4.69, 9.17) is 21.8 Å². The van der Waals surface area contributed by atoms with E-state index in [9.17, 15) is 0 Å². The van der Waals surface area contributed by atoms with E-state index < -0.39 is 0 Å². The molecule has 0 spiro atoms. The lowest BCUT2D eigenvalue weighted by Crippen LogP contribution is -2.01. The van der Waals surface area contributed by atoms with Gasteiger partial charge in [-0.25, -0.2) is 0 Å². The van der Waals surface area contributed by atoms with Crippen molar-refractivity contribution >= 4 is 11.6 Å². The van der Waals surface area contributed by atoms with Gasteiger partial charge in [-0.05, 0) is 11.1 Å². The number of halogens is 1. The van der Waals surface area contributed by atoms with E-state index in [0.29, 0.717) is 10.6 Å². The van der Waals surface area contributed by atoms with Gasteiger partial charge in [-0.1, -0.05) is 36.7 Å². The molecule has 0 aliphatic carbocycles. The maximum Gasteiger partial charge on any atom is 0.0696 e. The third kappa shape index (κ3) is 2.21. The molecule has 0 fully saturated rings. The van der Waals surface area contributed by atoms with Crippen LogP contribution >= 0.6 is 11.6 Å². The quantitative estimate of drug-likeness (QED) is 0.783. The van der Waals surface area contributed by atoms with E-state index in [1.54, 1.807) is 6.07 Å². The van der Waals surface area contributed by atoms with Gasteiger partial charge in [-0.15, -0.1) is 0 Å². The van der Waals surface area contributed by atoms with Crippen molar-refractivity contribution in [1.82, 2.24) is 0 Å². The molecule has 0 aromatic heterocycles. The van der Waals surface area contributed by atoms with Crippen molar-refractivity contribution in [3.8, 4) is 0 Å². The molecule has 0 saturated heterocycles. The molecule has 1 aromatic rings. The Hall–Kier alpha value is -0.570. The largest absolute Gasteiger partial charge is 0.396 e. The van der Waals surface area contributed by atoms with Crippen LogP contribution in [0.1, 0.15) is 24.0 Å². The number of benzene rings is 1. The van der Waals surface area contributed by atoms with Crippen LogP contribution in [0.15, 0.2) is 18.2 Å². The maximum absolute atomic E-state index is 8.96. The molecule has 0 amide bonds. The van der Waals surface area contributed by atoms with Gasteiger partial charge in [0.1, 0.15) is 0 Å². The Kier molecular flexibility index (Phi) is 3.72. The van der Waals surface area contributed by atoms with Gasteiger partial charge in [0.25, 0.3) is 0 Å². The molecule has 1 atom stereocenters. The zero-order valence-electron chi connectivity index (χ0n) is 7.50. The van der Waals surface area contributed by atoms with Crippen molar-refractivity contribution in [1.29, 1.82) is 0 Å². The van der Waals surface area contributed by atoms with Gasteiger partial charge in [0.15, 0.2) is 0 Å². The Balaban J connectivity index is 3.08. The summed E-state index contributed by atoms with van der Waals surface area (Å²) >= 11 is 6.01. The van der Waals surface area contributed by atoms with Crippen LogP contribution in [0.3, 0.4) is 0 Å². The monoisotopic (exact) mass is 200 g/mol. The van der Waals surface area contributed by atoms with Crippen LogP contribution in [0.4, 0.5) is 0 Å². The minimum absolute atomic E-state index is 0.0130. The van der Waals surface area contributed by atoms with E-state index >= 15 is 0 Å². The highest BCUT2D eigenvalue weighted by Gasteiger charge is 2.10. The molecule has 2 N–H and O–H groups in total. The third-order valence-electron chi connectivity index (χ3n) is 2.08. The van der Waals surface area contributed by atoms with Crippen LogP contribution in [0.2, 0.25) is 5.02 Å². The molecule has 13 heavy (non-hydrogen) atoms. The molecule has 1 unspecified atom stereocenters. The number of aliphatic hydroxyl groups excluding tert-OH is 2. The van der Waals surface area contributed by atoms with Crippen molar-refractivity contribution in [2.75, 3.05) is 6.61 Å². The van der Waals surface area contributed by atoms with E-state index in [1.807, 2.05) is 19.1 Å². The van der Waals surface area contributed by atoms with E-state index in [0.717, 1.165) is 5.56 Å². The SMILES string of the molecule is CC(CO)c1cccc(CO)c1Cl. The first-order valence-electron chi connectivity index (χ1n) is 4.19. The predicted octanol–water partition coefficient (Wildman–Crippen LogP) is 1.93. The number of rotatable bonds is 3. The standard InChI is InChI=1S/C10H13ClO2/c1-7(5-12)9-4-2-3-8(6-13)10(9)11/h2-4,7,12-13H,5-6H2,1H3. The van der Waals surface area contributed by atoms with Crippen LogP contribution in [-0.4, -0.2) is 16.8 Å². The van der Waals surface area contributed by atoms with Gasteiger partial charge in [0, 0.05) is 17.5 Å². The lowest BCUT2D eigenvalue weighted by molar-refractivity contribution is 0.271. The maximum atomic E-state index is 8.96. The Labute approximate surface area is 82.8 Å². The first-order valence-corrected chi connectivity index (χ1v) is 4.57. The fraction of sp³-hybridized carbons (Fsp3) is 0.400. The Bertz CT molecular complexity index is 286. The molecule has 1 aromatic carbocycles. The van der Waals surface area contributed by atoms with E-state index in [1.165, 1.54) is 0 Å². The summed E-state index contributed by atoms with van der Waals surface area (Å²) in [7, 11) is 0. The third-order valence-corrected chi connectivity index (χ3v) is 2.54. The van der Waals surface area contributed by atoms with Crippen molar-refractivity contribution in [2.24, 2.45) is 0 Å². The highest BCUT2D eigenvalue weighted by atomic mass is 35.5. The zero-order chi connectivity index (χ0) is 9.84. The van der Waals surface area contributed by atoms with Crippen molar-refractivity contribution < 1.29 is 10.2 Å². The Morgan fingerprint density at radius 3 is 2.62 bits per heavy atom. The molecule has 3 heteroatoms. The molecule has 0 saturated carbocycles. The fourth-order valence-corrected chi connectivity index (χ4v) is 1.57. The summed E-state index contributed by atoms with van der Waals surface area (Å²) in [5.74, 6) is 0.0130. The minimum Gasteiger partial charge on any atom is -0.396 e. The first-order chi connectivity index (χ1) is 6.20. The normalized spacial score (nSPS) is 12.9. The summed E-state index contributed by atoms with van der Waals surface area (Å²) in [5.41, 5.74) is 1.59. The molecule has 2 nitrogen and oxygen atoms in total. The van der Waals surface area contributed by atoms with Crippen molar-refractivity contribution in [2.45, 2.75) is 19.4 Å². The fourth-order valence-electron chi connectivity index (χ4n) is 1.20. The minimum atomic E-state index is -0.0647. The molecular weight excluding hydrogens is 188 g/mol. The predicted molar refractivity (Wildman–Crippen MR) is 52.9 cm³/mol. The second kappa shape index (κ2) is 4.61. The Morgan fingerprint density at radius 2 is 2.08 bits per heavy atom. The summed E-state index contributed by atoms with van der Waals surface area (Å²) in [6.45, 7) is 1.89. The highest BCUT2D eigenvalue weighted by molar-refractivity contribution is 6.32. The molecule has 0 aliphatic heterocycles. The summed E-state index contributed by atoms with van der Waals surface area (Å²) in [4.78, 5) is 0. The summed E-state index contributed by atoms with van der Waals surface area (Å²) in [6.07, 6.45) is 0. The number of hydrogen-bond donors (Lipinski definition) is 2. The highest BCUT2D eigenvalue weighted by Crippen LogP contribution is 2.27. The average Bonchev–Trinajstić information content (AvgIpc) is 2.17. The lowest BCUT2D eigenvalue weighted by Gasteiger charge is -2.12. The summed E-state index contributed by atoms with van der Waals surface area (Å²) in [6, 6.07) is 5.47. The molecule has 1 rings (SSSR count). The summed E-state index contributed by atoms with van der Waals surface area (Å²) in [5, 5.41) is 18.5. The van der Waals surface area contributed by atoms with Gasteiger partial charge in [0.05, 0.1) is 6.61 Å². The van der Waals surface area contributed by atoms with Crippen molar-refractivity contribution in [3.63, 3.8) is 0 Å². The zero-order valence-corrected chi connectivity index (χ0v) is 8.25. The molecule has 0 heterocycles. The first kappa shape index (κ1) is 10.5. The van der Waals surface area contributed by atoms with Crippen LogP contribution in [0.25, 0.3) is 0 Å². The average molecular weight is 201 g/mol. The number of aliphatic hydroxyl groups is 2.